The molecule has 0 radical (unpaired) electrons. The van der Waals surface area contributed by atoms with E-state index in [0.29, 0.717) is 12.0 Å². The zero-order valence-electron chi connectivity index (χ0n) is 11.0. The standard InChI is InChI=1S/C15H19NO2/c1-10-6-5-9-13-14(10)11-7-3-4-8-12(11)16(13)15(17)18-2/h5-6,9,11-12H,3-4,7-8H2,1-2H3/t11-,12-/m1/s1. The fourth-order valence-corrected chi connectivity index (χ4v) is 3.63. The van der Waals surface area contributed by atoms with Crippen molar-refractivity contribution in [1.82, 2.24) is 0 Å². The lowest BCUT2D eigenvalue weighted by Crippen LogP contribution is -2.40. The minimum Gasteiger partial charge on any atom is -0.452 e. The number of anilines is 1. The lowest BCUT2D eigenvalue weighted by Gasteiger charge is -2.31. The van der Waals surface area contributed by atoms with Crippen LogP contribution in [0.3, 0.4) is 0 Å². The van der Waals surface area contributed by atoms with Gasteiger partial charge in [-0.1, -0.05) is 25.0 Å². The van der Waals surface area contributed by atoms with Crippen LogP contribution in [0.5, 0.6) is 0 Å². The summed E-state index contributed by atoms with van der Waals surface area (Å²) in [6.07, 6.45) is 4.55. The number of carbonyl (C=O) groups is 1. The molecule has 96 valence electrons. The average molecular weight is 245 g/mol. The molecule has 1 saturated carbocycles. The number of amides is 1. The molecule has 2 atom stereocenters. The molecule has 0 aromatic heterocycles. The van der Waals surface area contributed by atoms with Crippen molar-refractivity contribution >= 4 is 11.8 Å². The van der Waals surface area contributed by atoms with Gasteiger partial charge in [0, 0.05) is 12.0 Å². The van der Waals surface area contributed by atoms with Crippen LogP contribution in [-0.4, -0.2) is 19.2 Å². The summed E-state index contributed by atoms with van der Waals surface area (Å²) < 4.78 is 4.97. The highest BCUT2D eigenvalue weighted by Gasteiger charge is 2.43. The second kappa shape index (κ2) is 4.30. The predicted octanol–water partition coefficient (Wildman–Crippen LogP) is 3.61. The Labute approximate surface area is 108 Å². The Kier molecular flexibility index (Phi) is 2.77. The molecule has 0 saturated heterocycles. The van der Waals surface area contributed by atoms with Crippen LogP contribution in [0.25, 0.3) is 0 Å². The van der Waals surface area contributed by atoms with Crippen LogP contribution in [0.15, 0.2) is 18.2 Å². The van der Waals surface area contributed by atoms with Gasteiger partial charge in [0.2, 0.25) is 0 Å². The molecule has 1 aromatic rings. The van der Waals surface area contributed by atoms with Gasteiger partial charge >= 0.3 is 6.09 Å². The minimum absolute atomic E-state index is 0.212. The largest absolute Gasteiger partial charge is 0.452 e. The Balaban J connectivity index is 2.11. The molecule has 1 aliphatic carbocycles. The van der Waals surface area contributed by atoms with Crippen molar-refractivity contribution in [2.75, 3.05) is 12.0 Å². The summed E-state index contributed by atoms with van der Waals surface area (Å²) in [7, 11) is 1.47. The van der Waals surface area contributed by atoms with Crippen LogP contribution < -0.4 is 4.90 Å². The van der Waals surface area contributed by atoms with Crippen molar-refractivity contribution in [3.8, 4) is 0 Å². The summed E-state index contributed by atoms with van der Waals surface area (Å²) in [5.74, 6) is 0.508. The summed E-state index contributed by atoms with van der Waals surface area (Å²) in [6.45, 7) is 2.14. The van der Waals surface area contributed by atoms with Crippen LogP contribution in [0.4, 0.5) is 10.5 Å². The van der Waals surface area contributed by atoms with Crippen molar-refractivity contribution in [3.05, 3.63) is 29.3 Å². The molecule has 1 fully saturated rings. The summed E-state index contributed by atoms with van der Waals surface area (Å²) in [6, 6.07) is 6.53. The lowest BCUT2D eigenvalue weighted by atomic mass is 9.81. The molecule has 3 rings (SSSR count). The van der Waals surface area contributed by atoms with Crippen LogP contribution in [-0.2, 0) is 4.74 Å². The third-order valence-corrected chi connectivity index (χ3v) is 4.36. The fourth-order valence-electron chi connectivity index (χ4n) is 3.63. The first-order chi connectivity index (χ1) is 8.74. The van der Waals surface area contributed by atoms with Crippen molar-refractivity contribution < 1.29 is 9.53 Å². The molecule has 3 nitrogen and oxygen atoms in total. The van der Waals surface area contributed by atoms with Crippen LogP contribution >= 0.6 is 0 Å². The summed E-state index contributed by atoms with van der Waals surface area (Å²) >= 11 is 0. The normalized spacial score (nSPS) is 25.6. The number of rotatable bonds is 0. The van der Waals surface area contributed by atoms with Gasteiger partial charge in [0.15, 0.2) is 0 Å². The fraction of sp³-hybridized carbons (Fsp3) is 0.533. The van der Waals surface area contributed by atoms with E-state index in [9.17, 15) is 4.79 Å². The van der Waals surface area contributed by atoms with Gasteiger partial charge in [0.1, 0.15) is 0 Å². The molecule has 0 N–H and O–H groups in total. The average Bonchev–Trinajstić information content (AvgIpc) is 2.73. The van der Waals surface area contributed by atoms with Gasteiger partial charge in [0.05, 0.1) is 12.8 Å². The van der Waals surface area contributed by atoms with Gasteiger partial charge in [-0.25, -0.2) is 4.79 Å². The first kappa shape index (κ1) is 11.6. The molecular formula is C15H19NO2. The molecule has 0 spiro atoms. The van der Waals surface area contributed by atoms with Gasteiger partial charge < -0.3 is 4.74 Å². The summed E-state index contributed by atoms with van der Waals surface area (Å²) in [4.78, 5) is 13.9. The smallest absolute Gasteiger partial charge is 0.414 e. The number of hydrogen-bond acceptors (Lipinski definition) is 2. The van der Waals surface area contributed by atoms with E-state index in [1.54, 1.807) is 0 Å². The van der Waals surface area contributed by atoms with E-state index in [2.05, 4.69) is 19.1 Å². The SMILES string of the molecule is COC(=O)N1c2cccc(C)c2[C@@H]2CCCC[C@H]21. The highest BCUT2D eigenvalue weighted by atomic mass is 16.5. The maximum atomic E-state index is 12.0. The van der Waals surface area contributed by atoms with Crippen molar-refractivity contribution in [2.45, 2.75) is 44.6 Å². The number of carbonyl (C=O) groups excluding carboxylic acids is 1. The molecule has 1 heterocycles. The summed E-state index contributed by atoms with van der Waals surface area (Å²) in [5, 5.41) is 0. The highest BCUT2D eigenvalue weighted by Crippen LogP contribution is 2.49. The molecule has 3 heteroatoms. The Morgan fingerprint density at radius 2 is 2.11 bits per heavy atom. The number of methoxy groups -OCH3 is 1. The Bertz CT molecular complexity index is 483. The van der Waals surface area contributed by atoms with Crippen LogP contribution in [0, 0.1) is 6.92 Å². The minimum atomic E-state index is -0.212. The second-order valence-corrected chi connectivity index (χ2v) is 5.31. The van der Waals surface area contributed by atoms with Gasteiger partial charge in [0.25, 0.3) is 0 Å². The number of hydrogen-bond donors (Lipinski definition) is 0. The monoisotopic (exact) mass is 245 g/mol. The quantitative estimate of drug-likeness (QED) is 0.698. The predicted molar refractivity (Wildman–Crippen MR) is 71.1 cm³/mol. The first-order valence-electron chi connectivity index (χ1n) is 6.70. The molecule has 1 aliphatic heterocycles. The number of ether oxygens (including phenoxy) is 1. The second-order valence-electron chi connectivity index (χ2n) is 5.31. The molecule has 0 bridgehead atoms. The van der Waals surface area contributed by atoms with Gasteiger partial charge in [-0.15, -0.1) is 0 Å². The Hall–Kier alpha value is -1.51. The van der Waals surface area contributed by atoms with Crippen molar-refractivity contribution in [2.24, 2.45) is 0 Å². The van der Waals surface area contributed by atoms with Crippen LogP contribution in [0.2, 0.25) is 0 Å². The van der Waals surface area contributed by atoms with E-state index < -0.39 is 0 Å². The molecule has 18 heavy (non-hydrogen) atoms. The molecular weight excluding hydrogens is 226 g/mol. The maximum absolute atomic E-state index is 12.0. The van der Waals surface area contributed by atoms with E-state index >= 15 is 0 Å². The van der Waals surface area contributed by atoms with Gasteiger partial charge in [-0.2, -0.15) is 0 Å². The number of aryl methyl sites for hydroxylation is 1. The third kappa shape index (κ3) is 1.53. The zero-order chi connectivity index (χ0) is 12.7. The Morgan fingerprint density at radius 1 is 1.33 bits per heavy atom. The van der Waals surface area contributed by atoms with Crippen molar-refractivity contribution in [3.63, 3.8) is 0 Å². The lowest BCUT2D eigenvalue weighted by molar-refractivity contribution is 0.174. The van der Waals surface area contributed by atoms with E-state index in [0.717, 1.165) is 12.1 Å². The third-order valence-electron chi connectivity index (χ3n) is 4.36. The number of fused-ring (bicyclic) bond motifs is 3. The molecule has 2 aliphatic rings. The first-order valence-corrected chi connectivity index (χ1v) is 6.70. The highest BCUT2D eigenvalue weighted by molar-refractivity contribution is 5.92. The topological polar surface area (TPSA) is 29.5 Å². The van der Waals surface area contributed by atoms with Gasteiger partial charge in [-0.3, -0.25) is 4.90 Å². The van der Waals surface area contributed by atoms with Crippen LogP contribution in [0.1, 0.15) is 42.7 Å². The molecule has 1 aromatic carbocycles. The van der Waals surface area contributed by atoms with E-state index in [1.807, 2.05) is 11.0 Å². The van der Waals surface area contributed by atoms with E-state index in [1.165, 1.54) is 37.5 Å². The molecule has 1 amide bonds. The zero-order valence-corrected chi connectivity index (χ0v) is 11.0. The van der Waals surface area contributed by atoms with Crippen molar-refractivity contribution in [1.29, 1.82) is 0 Å². The number of benzene rings is 1. The van der Waals surface area contributed by atoms with E-state index in [4.69, 9.17) is 4.74 Å². The Morgan fingerprint density at radius 3 is 2.89 bits per heavy atom. The van der Waals surface area contributed by atoms with Gasteiger partial charge in [-0.05, 0) is 37.0 Å². The summed E-state index contributed by atoms with van der Waals surface area (Å²) in [5.41, 5.74) is 3.74. The van der Waals surface area contributed by atoms with E-state index in [-0.39, 0.29) is 6.09 Å². The molecule has 0 unspecified atom stereocenters. The number of nitrogens with zero attached hydrogens (tertiary/aromatic N) is 1. The maximum Gasteiger partial charge on any atom is 0.414 e.